The number of rotatable bonds is 1. The summed E-state index contributed by atoms with van der Waals surface area (Å²) in [7, 11) is 0. The molecule has 0 radical (unpaired) electrons. The average molecular weight is 463 g/mol. The Bertz CT molecular complexity index is 572. The van der Waals surface area contributed by atoms with Crippen molar-refractivity contribution < 1.29 is 78.5 Å². The fraction of sp³-hybridized carbons (Fsp3) is 0.526. The van der Waals surface area contributed by atoms with Crippen molar-refractivity contribution in [1.29, 1.82) is 0 Å². The first-order valence-electron chi connectivity index (χ1n) is 8.62. The molecule has 25 heavy (non-hydrogen) atoms. The summed E-state index contributed by atoms with van der Waals surface area (Å²) in [6.07, 6.45) is 5.52. The van der Waals surface area contributed by atoms with Crippen LogP contribution in [0.5, 0.6) is 0 Å². The summed E-state index contributed by atoms with van der Waals surface area (Å²) >= 11 is 0. The van der Waals surface area contributed by atoms with Crippen molar-refractivity contribution in [3.63, 3.8) is 0 Å². The van der Waals surface area contributed by atoms with E-state index in [0.717, 1.165) is 12.5 Å². The Morgan fingerprint density at radius 3 is 2.20 bits per heavy atom. The topological polar surface area (TPSA) is 70.2 Å². The predicted octanol–water partition coefficient (Wildman–Crippen LogP) is -0.611. The van der Waals surface area contributed by atoms with Crippen molar-refractivity contribution in [3.8, 4) is 0 Å². The van der Waals surface area contributed by atoms with Crippen molar-refractivity contribution in [3.05, 3.63) is 36.8 Å². The summed E-state index contributed by atoms with van der Waals surface area (Å²) in [5, 5.41) is 9.04. The molecular formula is C19H28CsN3O2. The molecule has 2 saturated heterocycles. The number of hydrogen-bond donors (Lipinski definition) is 3. The van der Waals surface area contributed by atoms with Gasteiger partial charge >= 0.3 is 68.9 Å². The number of amides is 2. The summed E-state index contributed by atoms with van der Waals surface area (Å²) in [6, 6.07) is 7.00. The van der Waals surface area contributed by atoms with Crippen LogP contribution in [0.1, 0.15) is 49.1 Å². The van der Waals surface area contributed by atoms with Crippen LogP contribution in [0.25, 0.3) is 0 Å². The van der Waals surface area contributed by atoms with Gasteiger partial charge in [0.05, 0.1) is 0 Å². The quantitative estimate of drug-likeness (QED) is 0.384. The van der Waals surface area contributed by atoms with E-state index in [9.17, 15) is 9.59 Å². The van der Waals surface area contributed by atoms with Crippen molar-refractivity contribution in [2.24, 2.45) is 0 Å². The normalized spacial score (nSPS) is 19.2. The van der Waals surface area contributed by atoms with E-state index in [1.54, 1.807) is 5.56 Å². The minimum atomic E-state index is -0.138. The molecule has 0 aliphatic carbocycles. The molecule has 0 atom stereocenters. The monoisotopic (exact) mass is 463 g/mol. The fourth-order valence-electron chi connectivity index (χ4n) is 3.42. The van der Waals surface area contributed by atoms with Crippen LogP contribution < -0.4 is 84.8 Å². The molecule has 2 amide bonds. The zero-order chi connectivity index (χ0) is 16.1. The molecule has 1 aromatic carbocycles. The van der Waals surface area contributed by atoms with Crippen LogP contribution in [0, 0.1) is 7.43 Å². The van der Waals surface area contributed by atoms with Gasteiger partial charge in [-0.05, 0) is 61.9 Å². The van der Waals surface area contributed by atoms with E-state index in [4.69, 9.17) is 0 Å². The summed E-state index contributed by atoms with van der Waals surface area (Å²) in [5.41, 5.74) is 4.43. The first-order chi connectivity index (χ1) is 11.2. The van der Waals surface area contributed by atoms with Crippen LogP contribution in [0.15, 0.2) is 18.2 Å². The Morgan fingerprint density at radius 1 is 0.920 bits per heavy atom. The third-order valence-corrected chi connectivity index (χ3v) is 4.74. The molecule has 132 valence electrons. The van der Waals surface area contributed by atoms with E-state index in [1.807, 2.05) is 0 Å². The van der Waals surface area contributed by atoms with Gasteiger partial charge in [0, 0.05) is 25.1 Å². The maximum atomic E-state index is 10.3. The minimum Gasteiger partial charge on any atom is -0.384 e. The molecule has 6 heteroatoms. The second kappa shape index (κ2) is 11.8. The van der Waals surface area contributed by atoms with Crippen molar-refractivity contribution in [2.75, 3.05) is 25.0 Å². The van der Waals surface area contributed by atoms with Gasteiger partial charge in [0.1, 0.15) is 0 Å². The Morgan fingerprint density at radius 2 is 1.60 bits per heavy atom. The molecule has 2 fully saturated rings. The molecule has 1 aromatic rings. The Hall–Kier alpha value is 0.172. The summed E-state index contributed by atoms with van der Waals surface area (Å²) < 4.78 is 0. The van der Waals surface area contributed by atoms with Crippen LogP contribution in [-0.2, 0) is 16.0 Å². The Labute approximate surface area is 209 Å². The first-order valence-corrected chi connectivity index (χ1v) is 8.62. The van der Waals surface area contributed by atoms with Crippen LogP contribution in [0.2, 0.25) is 0 Å². The second-order valence-corrected chi connectivity index (χ2v) is 6.44. The van der Waals surface area contributed by atoms with Gasteiger partial charge in [-0.25, -0.2) is 0 Å². The number of benzene rings is 1. The maximum absolute atomic E-state index is 10.3. The molecule has 3 N–H and O–H groups in total. The molecule has 3 aliphatic heterocycles. The van der Waals surface area contributed by atoms with Gasteiger partial charge in [-0.15, -0.1) is 0 Å². The second-order valence-electron chi connectivity index (χ2n) is 6.44. The summed E-state index contributed by atoms with van der Waals surface area (Å²) in [4.78, 5) is 20.7. The third-order valence-electron chi connectivity index (χ3n) is 4.74. The van der Waals surface area contributed by atoms with E-state index in [0.29, 0.717) is 19.3 Å². The number of imide groups is 1. The molecule has 0 saturated carbocycles. The average Bonchev–Trinajstić information content (AvgIpc) is 3.03. The minimum absolute atomic E-state index is 0. The van der Waals surface area contributed by atoms with Crippen LogP contribution >= 0.6 is 0 Å². The van der Waals surface area contributed by atoms with Gasteiger partial charge in [0.2, 0.25) is 11.8 Å². The molecule has 0 bridgehead atoms. The molecule has 3 aliphatic rings. The SMILES string of the molecule is O=C1CCCC(=O)N1.[CH3-].[Cs+].c1cc2c(cc1C1CCNCC1)CCN2. The van der Waals surface area contributed by atoms with E-state index in [-0.39, 0.29) is 88.1 Å². The van der Waals surface area contributed by atoms with E-state index in [2.05, 4.69) is 34.1 Å². The number of nitrogens with one attached hydrogen (secondary N) is 3. The first kappa shape index (κ1) is 23.2. The number of anilines is 1. The van der Waals surface area contributed by atoms with E-state index >= 15 is 0 Å². The molecule has 3 heterocycles. The van der Waals surface area contributed by atoms with Crippen LogP contribution in [0.3, 0.4) is 0 Å². The largest absolute Gasteiger partial charge is 1.00 e. The number of carbonyl (C=O) groups excluding carboxylic acids is 2. The van der Waals surface area contributed by atoms with Gasteiger partial charge in [-0.2, -0.15) is 0 Å². The smallest absolute Gasteiger partial charge is 0.384 e. The van der Waals surface area contributed by atoms with Gasteiger partial charge in [-0.3, -0.25) is 14.9 Å². The van der Waals surface area contributed by atoms with E-state index in [1.165, 1.54) is 43.6 Å². The van der Waals surface area contributed by atoms with Gasteiger partial charge < -0.3 is 18.1 Å². The van der Waals surface area contributed by atoms with Gasteiger partial charge in [-0.1, -0.05) is 12.1 Å². The Kier molecular flexibility index (Phi) is 11.0. The number of hydrogen-bond acceptors (Lipinski definition) is 4. The number of carbonyl (C=O) groups is 2. The molecule has 0 spiro atoms. The summed E-state index contributed by atoms with van der Waals surface area (Å²) in [5.74, 6) is 0.514. The molecule has 0 aromatic heterocycles. The van der Waals surface area contributed by atoms with Crippen molar-refractivity contribution in [2.45, 2.75) is 44.4 Å². The zero-order valence-electron chi connectivity index (χ0n) is 15.5. The van der Waals surface area contributed by atoms with Crippen molar-refractivity contribution >= 4 is 17.5 Å². The standard InChI is InChI=1S/C13H18N2.C5H7NO2.CH3.Cs/c1-2-13-12(5-8-15-13)9-11(1)10-3-6-14-7-4-10;7-4-2-1-3-5(8)6-4;;/h1-2,9-10,14-15H,3-8H2;1-3H2,(H,6,7,8);1H3;/q;;-1;+1. The van der Waals surface area contributed by atoms with E-state index < -0.39 is 0 Å². The predicted molar refractivity (Wildman–Crippen MR) is 96.9 cm³/mol. The third kappa shape index (κ3) is 7.01. The fourth-order valence-corrected chi connectivity index (χ4v) is 3.42. The molecular weight excluding hydrogens is 435 g/mol. The van der Waals surface area contributed by atoms with Crippen molar-refractivity contribution in [1.82, 2.24) is 10.6 Å². The molecule has 5 nitrogen and oxygen atoms in total. The molecule has 4 rings (SSSR count). The summed E-state index contributed by atoms with van der Waals surface area (Å²) in [6.45, 7) is 3.48. The Balaban J connectivity index is 0.000000271. The van der Waals surface area contributed by atoms with Crippen LogP contribution in [-0.4, -0.2) is 31.4 Å². The molecule has 0 unspecified atom stereocenters. The number of fused-ring (bicyclic) bond motifs is 1. The van der Waals surface area contributed by atoms with Crippen LogP contribution in [0.4, 0.5) is 5.69 Å². The number of piperidine rings is 2. The van der Waals surface area contributed by atoms with Gasteiger partial charge in [0.25, 0.3) is 0 Å². The zero-order valence-corrected chi connectivity index (χ0v) is 21.8. The van der Waals surface area contributed by atoms with Gasteiger partial charge in [0.15, 0.2) is 0 Å². The maximum Gasteiger partial charge on any atom is 1.00 e.